The van der Waals surface area contributed by atoms with E-state index in [4.69, 9.17) is 9.15 Å². The van der Waals surface area contributed by atoms with E-state index in [1.54, 1.807) is 25.1 Å². The van der Waals surface area contributed by atoms with E-state index in [0.717, 1.165) is 11.3 Å². The average molecular weight is 337 g/mol. The van der Waals surface area contributed by atoms with Gasteiger partial charge in [0.2, 0.25) is 11.8 Å². The van der Waals surface area contributed by atoms with Crippen LogP contribution in [0, 0.1) is 6.92 Å². The molecule has 3 aromatic rings. The van der Waals surface area contributed by atoms with Gasteiger partial charge in [0.1, 0.15) is 6.61 Å². The summed E-state index contributed by atoms with van der Waals surface area (Å²) < 4.78 is 10.9. The first-order valence-electron chi connectivity index (χ1n) is 7.87. The van der Waals surface area contributed by atoms with E-state index in [9.17, 15) is 4.79 Å². The molecule has 1 aromatic heterocycles. The van der Waals surface area contributed by atoms with Crippen LogP contribution in [0.3, 0.4) is 0 Å². The number of anilines is 1. The fourth-order valence-corrected chi connectivity index (χ4v) is 2.40. The number of hydrogen-bond donors (Lipinski definition) is 0. The van der Waals surface area contributed by atoms with Crippen molar-refractivity contribution in [2.45, 2.75) is 13.5 Å². The Morgan fingerprint density at radius 2 is 1.92 bits per heavy atom. The number of hydrogen-bond acceptors (Lipinski definition) is 6. The summed E-state index contributed by atoms with van der Waals surface area (Å²) in [5.41, 5.74) is 2.94. The molecule has 0 N–H and O–H groups in total. The Morgan fingerprint density at radius 1 is 1.12 bits per heavy atom. The largest absolute Gasteiger partial charge is 0.457 e. The van der Waals surface area contributed by atoms with Gasteiger partial charge in [0.15, 0.2) is 0 Å². The zero-order chi connectivity index (χ0) is 17.8. The van der Waals surface area contributed by atoms with Crippen LogP contribution in [0.25, 0.3) is 11.5 Å². The SMILES string of the molecule is Cc1nnc(-c2ccccc2C(=O)OCc2cccc(N(C)C)c2)o1. The fraction of sp³-hybridized carbons (Fsp3) is 0.211. The van der Waals surface area contributed by atoms with Gasteiger partial charge in [-0.2, -0.15) is 0 Å². The lowest BCUT2D eigenvalue weighted by Crippen LogP contribution is -2.10. The third-order valence-corrected chi connectivity index (χ3v) is 3.70. The molecule has 2 aromatic carbocycles. The van der Waals surface area contributed by atoms with Crippen LogP contribution in [0.1, 0.15) is 21.8 Å². The second-order valence-electron chi connectivity index (χ2n) is 5.81. The van der Waals surface area contributed by atoms with Crippen LogP contribution in [0.2, 0.25) is 0 Å². The first-order chi connectivity index (χ1) is 12.0. The van der Waals surface area contributed by atoms with Crippen LogP contribution in [0.5, 0.6) is 0 Å². The number of carbonyl (C=O) groups is 1. The van der Waals surface area contributed by atoms with E-state index in [-0.39, 0.29) is 6.61 Å². The summed E-state index contributed by atoms with van der Waals surface area (Å²) in [6.07, 6.45) is 0. The lowest BCUT2D eigenvalue weighted by atomic mass is 10.1. The summed E-state index contributed by atoms with van der Waals surface area (Å²) >= 11 is 0. The van der Waals surface area contributed by atoms with Crippen molar-refractivity contribution < 1.29 is 13.9 Å². The molecule has 128 valence electrons. The van der Waals surface area contributed by atoms with Gasteiger partial charge in [0, 0.05) is 26.7 Å². The molecule has 0 amide bonds. The van der Waals surface area contributed by atoms with Crippen molar-refractivity contribution in [1.82, 2.24) is 10.2 Å². The molecular weight excluding hydrogens is 318 g/mol. The van der Waals surface area contributed by atoms with Crippen molar-refractivity contribution in [2.75, 3.05) is 19.0 Å². The van der Waals surface area contributed by atoms with E-state index in [1.165, 1.54) is 0 Å². The molecule has 6 heteroatoms. The van der Waals surface area contributed by atoms with E-state index < -0.39 is 5.97 Å². The first kappa shape index (κ1) is 16.7. The van der Waals surface area contributed by atoms with Gasteiger partial charge >= 0.3 is 5.97 Å². The third-order valence-electron chi connectivity index (χ3n) is 3.70. The second kappa shape index (κ2) is 7.17. The molecule has 0 saturated heterocycles. The number of rotatable bonds is 5. The minimum Gasteiger partial charge on any atom is -0.457 e. The number of nitrogens with zero attached hydrogens (tertiary/aromatic N) is 3. The number of benzene rings is 2. The standard InChI is InChI=1S/C19H19N3O3/c1-13-20-21-18(25-13)16-9-4-5-10-17(16)19(23)24-12-14-7-6-8-15(11-14)22(2)3/h4-11H,12H2,1-3H3. The predicted octanol–water partition coefficient (Wildman–Crippen LogP) is 3.47. The summed E-state index contributed by atoms with van der Waals surface area (Å²) in [4.78, 5) is 14.5. The van der Waals surface area contributed by atoms with Crippen molar-refractivity contribution in [3.8, 4) is 11.5 Å². The molecule has 3 rings (SSSR count). The maximum Gasteiger partial charge on any atom is 0.339 e. The Hall–Kier alpha value is -3.15. The number of esters is 1. The molecule has 0 bridgehead atoms. The van der Waals surface area contributed by atoms with Crippen LogP contribution in [-0.4, -0.2) is 30.3 Å². The minimum absolute atomic E-state index is 0.192. The molecule has 1 heterocycles. The number of aromatic nitrogens is 2. The number of aryl methyl sites for hydroxylation is 1. The van der Waals surface area contributed by atoms with Gasteiger partial charge < -0.3 is 14.1 Å². The fourth-order valence-electron chi connectivity index (χ4n) is 2.40. The highest BCUT2D eigenvalue weighted by Crippen LogP contribution is 2.23. The van der Waals surface area contributed by atoms with Crippen LogP contribution in [-0.2, 0) is 11.3 Å². The summed E-state index contributed by atoms with van der Waals surface area (Å²) in [6.45, 7) is 1.90. The van der Waals surface area contributed by atoms with Crippen molar-refractivity contribution in [1.29, 1.82) is 0 Å². The maximum absolute atomic E-state index is 12.5. The molecule has 25 heavy (non-hydrogen) atoms. The average Bonchev–Trinajstić information content (AvgIpc) is 3.06. The quantitative estimate of drug-likeness (QED) is 0.664. The lowest BCUT2D eigenvalue weighted by Gasteiger charge is -2.14. The third kappa shape index (κ3) is 3.85. The lowest BCUT2D eigenvalue weighted by molar-refractivity contribution is 0.0473. The molecule has 6 nitrogen and oxygen atoms in total. The zero-order valence-electron chi connectivity index (χ0n) is 14.4. The summed E-state index contributed by atoms with van der Waals surface area (Å²) in [7, 11) is 3.93. The minimum atomic E-state index is -0.429. The van der Waals surface area contributed by atoms with Crippen molar-refractivity contribution in [2.24, 2.45) is 0 Å². The van der Waals surface area contributed by atoms with Gasteiger partial charge in [-0.1, -0.05) is 24.3 Å². The summed E-state index contributed by atoms with van der Waals surface area (Å²) in [6, 6.07) is 14.9. The van der Waals surface area contributed by atoms with Crippen molar-refractivity contribution >= 4 is 11.7 Å². The molecule has 0 aliphatic heterocycles. The number of ether oxygens (including phenoxy) is 1. The summed E-state index contributed by atoms with van der Waals surface area (Å²) in [5, 5.41) is 7.79. The van der Waals surface area contributed by atoms with Gasteiger partial charge in [0.25, 0.3) is 0 Å². The van der Waals surface area contributed by atoms with Gasteiger partial charge in [-0.25, -0.2) is 4.79 Å². The Kier molecular flexibility index (Phi) is 4.79. The Bertz CT molecular complexity index is 887. The second-order valence-corrected chi connectivity index (χ2v) is 5.81. The number of carbonyl (C=O) groups excluding carboxylic acids is 1. The topological polar surface area (TPSA) is 68.5 Å². The molecule has 0 aliphatic carbocycles. The van der Waals surface area contributed by atoms with Crippen LogP contribution in [0.15, 0.2) is 52.9 Å². The summed E-state index contributed by atoms with van der Waals surface area (Å²) in [5.74, 6) is 0.319. The van der Waals surface area contributed by atoms with E-state index in [2.05, 4.69) is 10.2 Å². The molecule has 0 radical (unpaired) electrons. The van der Waals surface area contributed by atoms with Crippen molar-refractivity contribution in [3.63, 3.8) is 0 Å². The monoisotopic (exact) mass is 337 g/mol. The van der Waals surface area contributed by atoms with Gasteiger partial charge in [-0.15, -0.1) is 10.2 Å². The van der Waals surface area contributed by atoms with Crippen molar-refractivity contribution in [3.05, 3.63) is 65.5 Å². The van der Waals surface area contributed by atoms with E-state index in [1.807, 2.05) is 49.3 Å². The normalized spacial score (nSPS) is 10.5. The van der Waals surface area contributed by atoms with Gasteiger partial charge in [-0.05, 0) is 29.8 Å². The van der Waals surface area contributed by atoms with E-state index in [0.29, 0.717) is 22.9 Å². The highest BCUT2D eigenvalue weighted by atomic mass is 16.5. The van der Waals surface area contributed by atoms with Crippen LogP contribution >= 0.6 is 0 Å². The van der Waals surface area contributed by atoms with Gasteiger partial charge in [0.05, 0.1) is 11.1 Å². The van der Waals surface area contributed by atoms with Crippen LogP contribution in [0.4, 0.5) is 5.69 Å². The predicted molar refractivity (Wildman–Crippen MR) is 94.4 cm³/mol. The highest BCUT2D eigenvalue weighted by Gasteiger charge is 2.17. The van der Waals surface area contributed by atoms with Gasteiger partial charge in [-0.3, -0.25) is 0 Å². The maximum atomic E-state index is 12.5. The Balaban J connectivity index is 1.77. The molecule has 0 unspecified atom stereocenters. The molecule has 0 aliphatic rings. The molecular formula is C19H19N3O3. The zero-order valence-corrected chi connectivity index (χ0v) is 14.4. The Morgan fingerprint density at radius 3 is 2.64 bits per heavy atom. The van der Waals surface area contributed by atoms with E-state index >= 15 is 0 Å². The smallest absolute Gasteiger partial charge is 0.339 e. The molecule has 0 atom stereocenters. The highest BCUT2D eigenvalue weighted by molar-refractivity contribution is 5.96. The Labute approximate surface area is 146 Å². The van der Waals surface area contributed by atoms with Crippen LogP contribution < -0.4 is 4.90 Å². The first-order valence-corrected chi connectivity index (χ1v) is 7.87. The molecule has 0 spiro atoms. The molecule has 0 fully saturated rings. The molecule has 0 saturated carbocycles.